The number of nitrogens with zero attached hydrogens (tertiary/aromatic N) is 4. The molecule has 0 unspecified atom stereocenters. The molecule has 3 heterocycles. The van der Waals surface area contributed by atoms with Crippen LogP contribution < -0.4 is 26.2 Å². The largest absolute Gasteiger partial charge is 0.495 e. The van der Waals surface area contributed by atoms with Gasteiger partial charge in [-0.3, -0.25) is 18.7 Å². The molecule has 0 spiro atoms. The summed E-state index contributed by atoms with van der Waals surface area (Å²) in [5, 5.41) is 3.52. The Morgan fingerprint density at radius 2 is 1.91 bits per heavy atom. The molecule has 0 saturated carbocycles. The van der Waals surface area contributed by atoms with Crippen molar-refractivity contribution in [3.8, 4) is 5.75 Å². The summed E-state index contributed by atoms with van der Waals surface area (Å²) >= 11 is 1.30. The molecule has 1 N–H and O–H groups in total. The fourth-order valence-corrected chi connectivity index (χ4v) is 5.01. The van der Waals surface area contributed by atoms with E-state index in [1.54, 1.807) is 24.3 Å². The van der Waals surface area contributed by atoms with Crippen LogP contribution >= 0.6 is 11.3 Å². The zero-order valence-corrected chi connectivity index (χ0v) is 19.1. The number of methoxy groups -OCH3 is 1. The van der Waals surface area contributed by atoms with Gasteiger partial charge in [0.1, 0.15) is 17.0 Å². The van der Waals surface area contributed by atoms with Crippen LogP contribution in [0.2, 0.25) is 0 Å². The standard InChI is InChI=1S/C22H27N5O4S/c1-3-11-26-20(29)18-19(24-21(32-18)25-12-7-4-8-13-25)27(22(26)30)14-17(28)23-15-9-5-6-10-16(15)31-2/h5-6,9-10H,3-4,7-8,11-14H2,1-2H3,(H,23,28). The molecule has 32 heavy (non-hydrogen) atoms. The fourth-order valence-electron chi connectivity index (χ4n) is 3.93. The second-order valence-corrected chi connectivity index (χ2v) is 8.75. The Hall–Kier alpha value is -3.14. The van der Waals surface area contributed by atoms with E-state index in [4.69, 9.17) is 4.74 Å². The topological polar surface area (TPSA) is 98.5 Å². The minimum absolute atomic E-state index is 0.249. The lowest BCUT2D eigenvalue weighted by Crippen LogP contribution is -2.41. The second kappa shape index (κ2) is 9.56. The van der Waals surface area contributed by atoms with E-state index >= 15 is 0 Å². The minimum Gasteiger partial charge on any atom is -0.495 e. The molecular weight excluding hydrogens is 430 g/mol. The summed E-state index contributed by atoms with van der Waals surface area (Å²) in [7, 11) is 1.52. The third-order valence-corrected chi connectivity index (χ3v) is 6.60. The number of hydrogen-bond acceptors (Lipinski definition) is 7. The Morgan fingerprint density at radius 3 is 2.62 bits per heavy atom. The number of carbonyl (C=O) groups is 1. The van der Waals surface area contributed by atoms with Crippen molar-refractivity contribution in [2.24, 2.45) is 0 Å². The Balaban J connectivity index is 1.74. The molecule has 0 radical (unpaired) electrons. The molecule has 170 valence electrons. The van der Waals surface area contributed by atoms with Crippen LogP contribution in [0.5, 0.6) is 5.75 Å². The van der Waals surface area contributed by atoms with Crippen molar-refractivity contribution in [1.29, 1.82) is 0 Å². The fraction of sp³-hybridized carbons (Fsp3) is 0.455. The smallest absolute Gasteiger partial charge is 0.333 e. The Labute approximate surface area is 189 Å². The predicted molar refractivity (Wildman–Crippen MR) is 126 cm³/mol. The van der Waals surface area contributed by atoms with Gasteiger partial charge in [-0.1, -0.05) is 30.4 Å². The summed E-state index contributed by atoms with van der Waals surface area (Å²) in [5.41, 5.74) is -0.0735. The van der Waals surface area contributed by atoms with E-state index in [-0.39, 0.29) is 17.8 Å². The maximum absolute atomic E-state index is 13.2. The van der Waals surface area contributed by atoms with Gasteiger partial charge in [-0.05, 0) is 37.8 Å². The molecular formula is C22H27N5O4S. The van der Waals surface area contributed by atoms with Crippen molar-refractivity contribution in [2.75, 3.05) is 30.4 Å². The molecule has 4 rings (SSSR count). The van der Waals surface area contributed by atoms with Gasteiger partial charge in [0.2, 0.25) is 5.91 Å². The van der Waals surface area contributed by atoms with E-state index in [1.165, 1.54) is 34.0 Å². The number of para-hydroxylation sites is 2. The Kier molecular flexibility index (Phi) is 6.59. The molecule has 0 bridgehead atoms. The second-order valence-electron chi connectivity index (χ2n) is 7.77. The average molecular weight is 458 g/mol. The highest BCUT2D eigenvalue weighted by molar-refractivity contribution is 7.22. The van der Waals surface area contributed by atoms with Gasteiger partial charge in [-0.25, -0.2) is 9.78 Å². The van der Waals surface area contributed by atoms with Crippen molar-refractivity contribution >= 4 is 38.4 Å². The molecule has 1 aliphatic rings. The van der Waals surface area contributed by atoms with Crippen LogP contribution in [0.4, 0.5) is 10.8 Å². The number of fused-ring (bicyclic) bond motifs is 1. The maximum atomic E-state index is 13.2. The predicted octanol–water partition coefficient (Wildman–Crippen LogP) is 2.67. The number of piperidine rings is 1. The average Bonchev–Trinajstić information content (AvgIpc) is 3.26. The first-order valence-electron chi connectivity index (χ1n) is 10.9. The van der Waals surface area contributed by atoms with E-state index in [0.717, 1.165) is 31.1 Å². The number of thiazole rings is 1. The molecule has 9 nitrogen and oxygen atoms in total. The summed E-state index contributed by atoms with van der Waals surface area (Å²) in [6.07, 6.45) is 3.96. The Morgan fingerprint density at radius 1 is 1.16 bits per heavy atom. The van der Waals surface area contributed by atoms with Crippen LogP contribution in [-0.4, -0.2) is 40.2 Å². The van der Waals surface area contributed by atoms with E-state index in [1.807, 2.05) is 6.92 Å². The summed E-state index contributed by atoms with van der Waals surface area (Å²) in [4.78, 5) is 45.9. The third-order valence-electron chi connectivity index (χ3n) is 5.51. The summed E-state index contributed by atoms with van der Waals surface area (Å²) in [6.45, 7) is 3.70. The van der Waals surface area contributed by atoms with Crippen molar-refractivity contribution in [3.63, 3.8) is 0 Å². The van der Waals surface area contributed by atoms with Gasteiger partial charge in [0.05, 0.1) is 12.8 Å². The first kappa shape index (κ1) is 22.1. The SMILES string of the molecule is CCCn1c(=O)c2sc(N3CCCCC3)nc2n(CC(=O)Nc2ccccc2OC)c1=O. The molecule has 1 fully saturated rings. The van der Waals surface area contributed by atoms with Crippen molar-refractivity contribution < 1.29 is 9.53 Å². The lowest BCUT2D eigenvalue weighted by Gasteiger charge is -2.25. The van der Waals surface area contributed by atoms with Crippen LogP contribution in [0, 0.1) is 0 Å². The highest BCUT2D eigenvalue weighted by atomic mass is 32.1. The van der Waals surface area contributed by atoms with Crippen LogP contribution in [0.3, 0.4) is 0 Å². The Bertz CT molecular complexity index is 1240. The van der Waals surface area contributed by atoms with Gasteiger partial charge in [-0.2, -0.15) is 0 Å². The number of anilines is 2. The summed E-state index contributed by atoms with van der Waals surface area (Å²) in [5.74, 6) is 0.127. The monoisotopic (exact) mass is 457 g/mol. The number of hydrogen-bond donors (Lipinski definition) is 1. The lowest BCUT2D eigenvalue weighted by molar-refractivity contribution is -0.116. The van der Waals surface area contributed by atoms with Gasteiger partial charge < -0.3 is 15.0 Å². The molecule has 1 aromatic carbocycles. The highest BCUT2D eigenvalue weighted by Crippen LogP contribution is 2.28. The quantitative estimate of drug-likeness (QED) is 0.586. The van der Waals surface area contributed by atoms with Crippen molar-refractivity contribution in [2.45, 2.75) is 45.7 Å². The van der Waals surface area contributed by atoms with Gasteiger partial charge >= 0.3 is 5.69 Å². The van der Waals surface area contributed by atoms with Gasteiger partial charge in [0.15, 0.2) is 10.8 Å². The third kappa shape index (κ3) is 4.27. The number of aromatic nitrogens is 3. The number of ether oxygens (including phenoxy) is 1. The highest BCUT2D eigenvalue weighted by Gasteiger charge is 2.22. The van der Waals surface area contributed by atoms with E-state index < -0.39 is 11.6 Å². The number of carbonyl (C=O) groups excluding carboxylic acids is 1. The normalized spacial score (nSPS) is 14.0. The summed E-state index contributed by atoms with van der Waals surface area (Å²) in [6, 6.07) is 7.06. The number of benzene rings is 1. The van der Waals surface area contributed by atoms with E-state index in [9.17, 15) is 14.4 Å². The maximum Gasteiger partial charge on any atom is 0.333 e. The van der Waals surface area contributed by atoms with E-state index in [2.05, 4.69) is 15.2 Å². The van der Waals surface area contributed by atoms with Crippen LogP contribution in [-0.2, 0) is 17.9 Å². The van der Waals surface area contributed by atoms with E-state index in [0.29, 0.717) is 29.1 Å². The van der Waals surface area contributed by atoms with Crippen molar-refractivity contribution in [3.05, 3.63) is 45.1 Å². The van der Waals surface area contributed by atoms with Gasteiger partial charge in [-0.15, -0.1) is 0 Å². The van der Waals surface area contributed by atoms with Gasteiger partial charge in [0.25, 0.3) is 5.56 Å². The van der Waals surface area contributed by atoms with Crippen LogP contribution in [0.1, 0.15) is 32.6 Å². The van der Waals surface area contributed by atoms with Crippen LogP contribution in [0.25, 0.3) is 10.3 Å². The molecule has 2 aromatic heterocycles. The molecule has 1 aliphatic heterocycles. The lowest BCUT2D eigenvalue weighted by atomic mass is 10.1. The minimum atomic E-state index is -0.518. The number of rotatable bonds is 7. The molecule has 1 amide bonds. The molecule has 3 aromatic rings. The van der Waals surface area contributed by atoms with Crippen molar-refractivity contribution in [1.82, 2.24) is 14.1 Å². The molecule has 0 aliphatic carbocycles. The number of amides is 1. The first-order chi connectivity index (χ1) is 15.5. The van der Waals surface area contributed by atoms with Crippen LogP contribution in [0.15, 0.2) is 33.9 Å². The van der Waals surface area contributed by atoms with Gasteiger partial charge in [0, 0.05) is 19.6 Å². The zero-order valence-electron chi connectivity index (χ0n) is 18.3. The zero-order chi connectivity index (χ0) is 22.7. The number of nitrogens with one attached hydrogen (secondary N) is 1. The molecule has 10 heteroatoms. The molecule has 0 atom stereocenters. The summed E-state index contributed by atoms with van der Waals surface area (Å²) < 4.78 is 8.20. The molecule has 1 saturated heterocycles. The first-order valence-corrected chi connectivity index (χ1v) is 11.7.